The fraction of sp³-hybridized carbons (Fsp3) is 0.600. The Morgan fingerprint density at radius 1 is 1.33 bits per heavy atom. The van der Waals surface area contributed by atoms with Gasteiger partial charge < -0.3 is 10.2 Å². The molecule has 0 radical (unpaired) electrons. The van der Waals surface area contributed by atoms with Crippen LogP contribution in [0, 0.1) is 0 Å². The summed E-state index contributed by atoms with van der Waals surface area (Å²) >= 11 is 6.09. The molecule has 2 heterocycles. The molecule has 0 spiro atoms. The number of halogens is 1. The largest absolute Gasteiger partial charge is 0.357 e. The van der Waals surface area contributed by atoms with Gasteiger partial charge in [-0.25, -0.2) is 4.98 Å². The molecule has 2 rings (SSSR count). The van der Waals surface area contributed by atoms with Crippen molar-refractivity contribution in [1.29, 1.82) is 0 Å². The smallest absolute Gasteiger partial charge is 0.224 e. The molecule has 0 saturated carbocycles. The van der Waals surface area contributed by atoms with Crippen LogP contribution in [0.3, 0.4) is 0 Å². The third-order valence-electron chi connectivity index (χ3n) is 2.60. The number of aromatic nitrogens is 2. The van der Waals surface area contributed by atoms with Crippen LogP contribution in [-0.2, 0) is 0 Å². The fourth-order valence-electron chi connectivity index (χ4n) is 1.81. The average molecular weight is 227 g/mol. The average Bonchev–Trinajstić information content (AvgIpc) is 2.31. The van der Waals surface area contributed by atoms with E-state index in [1.165, 1.54) is 19.3 Å². The molecule has 5 heteroatoms. The van der Waals surface area contributed by atoms with E-state index in [4.69, 9.17) is 11.6 Å². The van der Waals surface area contributed by atoms with E-state index in [0.29, 0.717) is 11.0 Å². The van der Waals surface area contributed by atoms with Crippen molar-refractivity contribution in [2.24, 2.45) is 0 Å². The number of hydrogen-bond donors (Lipinski definition) is 1. The van der Waals surface area contributed by atoms with Crippen molar-refractivity contribution in [3.8, 4) is 0 Å². The quantitative estimate of drug-likeness (QED) is 0.839. The molecule has 1 aromatic rings. The second-order valence-electron chi connectivity index (χ2n) is 3.66. The van der Waals surface area contributed by atoms with E-state index >= 15 is 0 Å². The fourth-order valence-corrected chi connectivity index (χ4v) is 2.02. The summed E-state index contributed by atoms with van der Waals surface area (Å²) in [5, 5.41) is 3.56. The molecule has 1 aromatic heterocycles. The molecule has 1 aliphatic rings. The number of nitrogens with one attached hydrogen (secondary N) is 1. The standard InChI is InChI=1S/C10H15ClN4/c1-12-10-13-7-8(11)9(14-10)15-5-3-2-4-6-15/h7H,2-6H2,1H3,(H,12,13,14). The van der Waals surface area contributed by atoms with E-state index in [9.17, 15) is 0 Å². The van der Waals surface area contributed by atoms with Gasteiger partial charge in [0.05, 0.1) is 6.20 Å². The van der Waals surface area contributed by atoms with Crippen molar-refractivity contribution in [2.75, 3.05) is 30.4 Å². The molecular weight excluding hydrogens is 212 g/mol. The Morgan fingerprint density at radius 3 is 2.73 bits per heavy atom. The Labute approximate surface area is 94.7 Å². The predicted octanol–water partition coefficient (Wildman–Crippen LogP) is 2.16. The SMILES string of the molecule is CNc1ncc(Cl)c(N2CCCCC2)n1. The zero-order valence-electron chi connectivity index (χ0n) is 8.83. The number of hydrogen-bond acceptors (Lipinski definition) is 4. The normalized spacial score (nSPS) is 16.5. The lowest BCUT2D eigenvalue weighted by Crippen LogP contribution is -2.30. The summed E-state index contributed by atoms with van der Waals surface area (Å²) in [6, 6.07) is 0. The minimum absolute atomic E-state index is 0.625. The highest BCUT2D eigenvalue weighted by molar-refractivity contribution is 6.32. The van der Waals surface area contributed by atoms with E-state index in [1.807, 2.05) is 7.05 Å². The van der Waals surface area contributed by atoms with Crippen LogP contribution >= 0.6 is 11.6 Å². The first-order chi connectivity index (χ1) is 7.31. The molecule has 0 bridgehead atoms. The van der Waals surface area contributed by atoms with E-state index in [2.05, 4.69) is 20.2 Å². The lowest BCUT2D eigenvalue weighted by Gasteiger charge is -2.28. The van der Waals surface area contributed by atoms with Crippen molar-refractivity contribution < 1.29 is 0 Å². The highest BCUT2D eigenvalue weighted by Crippen LogP contribution is 2.26. The zero-order chi connectivity index (χ0) is 10.7. The number of rotatable bonds is 2. The van der Waals surface area contributed by atoms with Gasteiger partial charge in [-0.05, 0) is 19.3 Å². The summed E-state index contributed by atoms with van der Waals surface area (Å²) in [4.78, 5) is 10.7. The molecule has 0 unspecified atom stereocenters. The zero-order valence-corrected chi connectivity index (χ0v) is 9.59. The van der Waals surface area contributed by atoms with Gasteiger partial charge in [-0.2, -0.15) is 4.98 Å². The van der Waals surface area contributed by atoms with E-state index < -0.39 is 0 Å². The predicted molar refractivity (Wildman–Crippen MR) is 62.7 cm³/mol. The maximum absolute atomic E-state index is 6.09. The van der Waals surface area contributed by atoms with Crippen LogP contribution in [0.5, 0.6) is 0 Å². The van der Waals surface area contributed by atoms with Crippen molar-refractivity contribution >= 4 is 23.4 Å². The number of piperidine rings is 1. The van der Waals surface area contributed by atoms with E-state index in [1.54, 1.807) is 6.20 Å². The van der Waals surface area contributed by atoms with Gasteiger partial charge in [-0.1, -0.05) is 11.6 Å². The third-order valence-corrected chi connectivity index (χ3v) is 2.87. The third kappa shape index (κ3) is 2.31. The molecule has 0 atom stereocenters. The Morgan fingerprint density at radius 2 is 2.07 bits per heavy atom. The maximum atomic E-state index is 6.09. The molecule has 1 N–H and O–H groups in total. The van der Waals surface area contributed by atoms with Crippen LogP contribution in [-0.4, -0.2) is 30.1 Å². The van der Waals surface area contributed by atoms with Gasteiger partial charge >= 0.3 is 0 Å². The lowest BCUT2D eigenvalue weighted by atomic mass is 10.1. The summed E-state index contributed by atoms with van der Waals surface area (Å²) in [6.45, 7) is 2.08. The molecule has 15 heavy (non-hydrogen) atoms. The summed E-state index contributed by atoms with van der Waals surface area (Å²) in [6.07, 6.45) is 5.40. The second-order valence-corrected chi connectivity index (χ2v) is 4.07. The molecular formula is C10H15ClN4. The first-order valence-corrected chi connectivity index (χ1v) is 5.64. The minimum Gasteiger partial charge on any atom is -0.357 e. The molecule has 0 aromatic carbocycles. The van der Waals surface area contributed by atoms with Crippen LogP contribution < -0.4 is 10.2 Å². The van der Waals surface area contributed by atoms with Crippen LogP contribution in [0.2, 0.25) is 5.02 Å². The van der Waals surface area contributed by atoms with Crippen molar-refractivity contribution in [2.45, 2.75) is 19.3 Å². The molecule has 0 amide bonds. The summed E-state index contributed by atoms with van der Waals surface area (Å²) in [7, 11) is 1.81. The van der Waals surface area contributed by atoms with Crippen molar-refractivity contribution in [3.05, 3.63) is 11.2 Å². The topological polar surface area (TPSA) is 41.1 Å². The van der Waals surface area contributed by atoms with Gasteiger partial charge in [0.25, 0.3) is 0 Å². The van der Waals surface area contributed by atoms with Gasteiger partial charge in [-0.15, -0.1) is 0 Å². The van der Waals surface area contributed by atoms with E-state index in [-0.39, 0.29) is 0 Å². The number of nitrogens with zero attached hydrogens (tertiary/aromatic N) is 3. The molecule has 82 valence electrons. The van der Waals surface area contributed by atoms with Gasteiger partial charge in [0.15, 0.2) is 5.82 Å². The summed E-state index contributed by atoms with van der Waals surface area (Å²) < 4.78 is 0. The van der Waals surface area contributed by atoms with Crippen molar-refractivity contribution in [1.82, 2.24) is 9.97 Å². The first-order valence-electron chi connectivity index (χ1n) is 5.26. The van der Waals surface area contributed by atoms with Crippen LogP contribution in [0.1, 0.15) is 19.3 Å². The maximum Gasteiger partial charge on any atom is 0.224 e. The Hall–Kier alpha value is -1.03. The molecule has 1 saturated heterocycles. The highest BCUT2D eigenvalue weighted by atomic mass is 35.5. The molecule has 0 aliphatic carbocycles. The molecule has 4 nitrogen and oxygen atoms in total. The van der Waals surface area contributed by atoms with Crippen LogP contribution in [0.4, 0.5) is 11.8 Å². The van der Waals surface area contributed by atoms with Gasteiger partial charge in [0.2, 0.25) is 5.95 Å². The van der Waals surface area contributed by atoms with Gasteiger partial charge in [0.1, 0.15) is 5.02 Å². The molecule has 1 fully saturated rings. The van der Waals surface area contributed by atoms with Crippen LogP contribution in [0.25, 0.3) is 0 Å². The lowest BCUT2D eigenvalue weighted by molar-refractivity contribution is 0.573. The molecule has 1 aliphatic heterocycles. The Bertz CT molecular complexity index is 336. The second kappa shape index (κ2) is 4.66. The van der Waals surface area contributed by atoms with E-state index in [0.717, 1.165) is 18.9 Å². The Kier molecular flexibility index (Phi) is 3.26. The summed E-state index contributed by atoms with van der Waals surface area (Å²) in [5.74, 6) is 1.48. The monoisotopic (exact) mass is 226 g/mol. The highest BCUT2D eigenvalue weighted by Gasteiger charge is 2.15. The van der Waals surface area contributed by atoms with Gasteiger partial charge in [-0.3, -0.25) is 0 Å². The van der Waals surface area contributed by atoms with Crippen LogP contribution in [0.15, 0.2) is 6.20 Å². The minimum atomic E-state index is 0.625. The van der Waals surface area contributed by atoms with Crippen molar-refractivity contribution in [3.63, 3.8) is 0 Å². The number of anilines is 2. The first kappa shape index (κ1) is 10.5. The Balaban J connectivity index is 2.24. The summed E-state index contributed by atoms with van der Waals surface area (Å²) in [5.41, 5.74) is 0. The van der Waals surface area contributed by atoms with Gasteiger partial charge in [0, 0.05) is 20.1 Å².